The molecule has 0 amide bonds. The first-order valence-electron chi connectivity index (χ1n) is 5.45. The van der Waals surface area contributed by atoms with Crippen LogP contribution in [0.5, 0.6) is 0 Å². The van der Waals surface area contributed by atoms with Gasteiger partial charge in [-0.3, -0.25) is 18.7 Å². The molecule has 1 rings (SSSR count). The summed E-state index contributed by atoms with van der Waals surface area (Å²) < 4.78 is 22.9. The normalized spacial score (nSPS) is 16.7. The van der Waals surface area contributed by atoms with E-state index in [1.54, 1.807) is 0 Å². The summed E-state index contributed by atoms with van der Waals surface area (Å²) in [5.41, 5.74) is -5.39. The predicted octanol–water partition coefficient (Wildman–Crippen LogP) is 0.0935. The van der Waals surface area contributed by atoms with Crippen LogP contribution in [0, 0.1) is 0 Å². The second-order valence-electron chi connectivity index (χ2n) is 4.33. The zero-order valence-electron chi connectivity index (χ0n) is 10.6. The zero-order valence-corrected chi connectivity index (χ0v) is 13.2. The molecular weight excluding hydrogens is 362 g/mol. The van der Waals surface area contributed by atoms with Gasteiger partial charge in [0, 0.05) is 5.92 Å². The Labute approximate surface area is 127 Å². The average Bonchev–Trinajstić information content (AvgIpc) is 2.75. The Hall–Kier alpha value is -1.06. The van der Waals surface area contributed by atoms with Crippen LogP contribution in [0.4, 0.5) is 0 Å². The van der Waals surface area contributed by atoms with Gasteiger partial charge in [0.25, 0.3) is 0 Å². The number of hydrogen-bond donors (Lipinski definition) is 6. The molecule has 0 saturated heterocycles. The summed E-state index contributed by atoms with van der Waals surface area (Å²) in [4.78, 5) is 59.2. The van der Waals surface area contributed by atoms with Gasteiger partial charge in [-0.15, -0.1) is 0 Å². The summed E-state index contributed by atoms with van der Waals surface area (Å²) in [5, 5.41) is 20.6. The molecule has 22 heavy (non-hydrogen) atoms. The van der Waals surface area contributed by atoms with Gasteiger partial charge in [-0.2, -0.15) is 11.3 Å². The standard InChI is InChI=1S/C9H12O10P2S/c10-8(11)6(20(14,15)16)5(4-1-2-22-3-4)7(9(12)13)21(17,18)19/h1-3,5-7H,(H,10,11)(H,12,13)(H2,14,15,16)(H2,17,18,19). The van der Waals surface area contributed by atoms with Gasteiger partial charge >= 0.3 is 27.1 Å². The van der Waals surface area contributed by atoms with Crippen molar-refractivity contribution in [2.24, 2.45) is 0 Å². The maximum Gasteiger partial charge on any atom is 0.340 e. The summed E-state index contributed by atoms with van der Waals surface area (Å²) >= 11 is 0.956. The van der Waals surface area contributed by atoms with Crippen molar-refractivity contribution in [3.8, 4) is 0 Å². The summed E-state index contributed by atoms with van der Waals surface area (Å²) in [7, 11) is -10.8. The van der Waals surface area contributed by atoms with E-state index in [-0.39, 0.29) is 5.56 Å². The smallest absolute Gasteiger partial charge is 0.340 e. The molecule has 6 N–H and O–H groups in total. The third-order valence-corrected chi connectivity index (χ3v) is 6.07. The molecule has 0 bridgehead atoms. The molecule has 1 heterocycles. The molecule has 1 aromatic heterocycles. The van der Waals surface area contributed by atoms with Gasteiger partial charge in [0.1, 0.15) is 0 Å². The Balaban J connectivity index is 3.61. The Morgan fingerprint density at radius 1 is 0.955 bits per heavy atom. The van der Waals surface area contributed by atoms with Crippen LogP contribution in [-0.2, 0) is 18.7 Å². The van der Waals surface area contributed by atoms with Crippen LogP contribution in [0.2, 0.25) is 0 Å². The lowest BCUT2D eigenvalue weighted by atomic mass is 9.94. The van der Waals surface area contributed by atoms with E-state index in [0.29, 0.717) is 0 Å². The maximum absolute atomic E-state index is 11.4. The van der Waals surface area contributed by atoms with Gasteiger partial charge in [0.2, 0.25) is 0 Å². The average molecular weight is 374 g/mol. The molecule has 0 spiro atoms. The molecule has 13 heteroatoms. The van der Waals surface area contributed by atoms with Crippen molar-refractivity contribution in [1.82, 2.24) is 0 Å². The van der Waals surface area contributed by atoms with Gasteiger partial charge in [0.15, 0.2) is 11.3 Å². The predicted molar refractivity (Wildman–Crippen MR) is 74.0 cm³/mol. The molecule has 0 saturated carbocycles. The van der Waals surface area contributed by atoms with Gasteiger partial charge in [-0.05, 0) is 22.4 Å². The third-order valence-electron chi connectivity index (χ3n) is 2.84. The van der Waals surface area contributed by atoms with E-state index in [4.69, 9.17) is 10.2 Å². The summed E-state index contributed by atoms with van der Waals surface area (Å²) in [6.45, 7) is 0. The van der Waals surface area contributed by atoms with E-state index in [9.17, 15) is 38.3 Å². The van der Waals surface area contributed by atoms with Crippen molar-refractivity contribution in [2.45, 2.75) is 17.2 Å². The molecule has 0 aliphatic carbocycles. The zero-order chi connectivity index (χ0) is 17.3. The van der Waals surface area contributed by atoms with Gasteiger partial charge in [-0.1, -0.05) is 0 Å². The summed E-state index contributed by atoms with van der Waals surface area (Å²) in [6.07, 6.45) is 0. The molecule has 10 nitrogen and oxygen atoms in total. The Morgan fingerprint density at radius 2 is 1.36 bits per heavy atom. The largest absolute Gasteiger partial charge is 0.481 e. The van der Waals surface area contributed by atoms with Crippen molar-refractivity contribution >= 4 is 38.5 Å². The summed E-state index contributed by atoms with van der Waals surface area (Å²) in [6, 6.07) is 1.16. The highest BCUT2D eigenvalue weighted by Crippen LogP contribution is 2.57. The number of carbonyl (C=O) groups is 2. The summed E-state index contributed by atoms with van der Waals surface area (Å²) in [5.74, 6) is -6.20. The van der Waals surface area contributed by atoms with E-state index in [2.05, 4.69) is 0 Å². The highest BCUT2D eigenvalue weighted by Gasteiger charge is 2.54. The lowest BCUT2D eigenvalue weighted by Gasteiger charge is -2.29. The van der Waals surface area contributed by atoms with Crippen molar-refractivity contribution in [2.75, 3.05) is 0 Å². The maximum atomic E-state index is 11.4. The molecule has 0 radical (unpaired) electrons. The highest BCUT2D eigenvalue weighted by molar-refractivity contribution is 7.55. The number of hydrogen-bond acceptors (Lipinski definition) is 5. The van der Waals surface area contributed by atoms with Crippen molar-refractivity contribution in [3.05, 3.63) is 22.4 Å². The highest BCUT2D eigenvalue weighted by atomic mass is 32.1. The SMILES string of the molecule is O=C(O)C(C(c1ccsc1)C(C(=O)O)P(=O)(O)O)P(=O)(O)O. The minimum absolute atomic E-state index is 0.184. The van der Waals surface area contributed by atoms with E-state index in [1.165, 1.54) is 10.8 Å². The van der Waals surface area contributed by atoms with Crippen LogP contribution in [0.3, 0.4) is 0 Å². The minimum Gasteiger partial charge on any atom is -0.481 e. The molecular formula is C9H12O10P2S. The number of carboxylic acid groups (broad SMARTS) is 2. The van der Waals surface area contributed by atoms with Gasteiger partial charge in [-0.25, -0.2) is 0 Å². The quantitative estimate of drug-likeness (QED) is 0.357. The van der Waals surface area contributed by atoms with Crippen LogP contribution in [-0.4, -0.2) is 53.0 Å². The lowest BCUT2D eigenvalue weighted by Crippen LogP contribution is -2.39. The second-order valence-corrected chi connectivity index (χ2v) is 8.58. The fraction of sp³-hybridized carbons (Fsp3) is 0.333. The molecule has 2 atom stereocenters. The molecule has 2 unspecified atom stereocenters. The molecule has 0 aliphatic rings. The molecule has 1 aromatic rings. The van der Waals surface area contributed by atoms with Crippen LogP contribution in [0.25, 0.3) is 0 Å². The molecule has 0 aliphatic heterocycles. The second kappa shape index (κ2) is 6.59. The van der Waals surface area contributed by atoms with E-state index in [1.807, 2.05) is 0 Å². The first-order valence-corrected chi connectivity index (χ1v) is 9.76. The first kappa shape index (κ1) is 19.0. The van der Waals surface area contributed by atoms with Crippen molar-refractivity contribution < 1.29 is 48.5 Å². The van der Waals surface area contributed by atoms with Gasteiger partial charge < -0.3 is 29.8 Å². The molecule has 0 aromatic carbocycles. The van der Waals surface area contributed by atoms with Crippen LogP contribution in [0.1, 0.15) is 11.5 Å². The van der Waals surface area contributed by atoms with Gasteiger partial charge in [0.05, 0.1) is 0 Å². The van der Waals surface area contributed by atoms with E-state index >= 15 is 0 Å². The molecule has 124 valence electrons. The Bertz CT molecular complexity index is 603. The Kier molecular flexibility index (Phi) is 5.69. The number of carboxylic acids is 2. The van der Waals surface area contributed by atoms with E-state index in [0.717, 1.165) is 17.4 Å². The minimum atomic E-state index is -5.39. The van der Waals surface area contributed by atoms with Crippen molar-refractivity contribution in [3.63, 3.8) is 0 Å². The molecule has 0 fully saturated rings. The lowest BCUT2D eigenvalue weighted by molar-refractivity contribution is -0.139. The number of thiophene rings is 1. The monoisotopic (exact) mass is 374 g/mol. The Morgan fingerprint density at radius 3 is 1.59 bits per heavy atom. The number of rotatable bonds is 7. The fourth-order valence-electron chi connectivity index (χ4n) is 2.02. The third kappa shape index (κ3) is 4.23. The first-order chi connectivity index (χ1) is 9.87. The number of aliphatic carboxylic acids is 2. The van der Waals surface area contributed by atoms with Crippen molar-refractivity contribution in [1.29, 1.82) is 0 Å². The fourth-order valence-corrected chi connectivity index (χ4v) is 4.96. The van der Waals surface area contributed by atoms with Crippen LogP contribution < -0.4 is 0 Å². The van der Waals surface area contributed by atoms with Crippen LogP contribution in [0.15, 0.2) is 16.8 Å². The van der Waals surface area contributed by atoms with Crippen LogP contribution >= 0.6 is 26.5 Å². The van der Waals surface area contributed by atoms with E-state index < -0.39 is 44.4 Å². The topological polar surface area (TPSA) is 190 Å².